The van der Waals surface area contributed by atoms with Gasteiger partial charge in [0.2, 0.25) is 5.84 Å². The molecule has 0 amide bonds. The van der Waals surface area contributed by atoms with Crippen LogP contribution >= 0.6 is 0 Å². The van der Waals surface area contributed by atoms with Gasteiger partial charge < -0.3 is 0 Å². The number of nitrogens with zero attached hydrogens (tertiary/aromatic N) is 5. The molecule has 0 radical (unpaired) electrons. The molecule has 2 aromatic heterocycles. The first kappa shape index (κ1) is 21.8. The maximum absolute atomic E-state index is 15.3. The van der Waals surface area contributed by atoms with E-state index >= 15 is 8.78 Å². The zero-order valence-electron chi connectivity index (χ0n) is 16.4. The average molecular weight is 454 g/mol. The summed E-state index contributed by atoms with van der Waals surface area (Å²) in [6.45, 7) is 0. The second kappa shape index (κ2) is 8.23. The highest BCUT2D eigenvalue weighted by Crippen LogP contribution is 2.37. The fourth-order valence-electron chi connectivity index (χ4n) is 3.26. The lowest BCUT2D eigenvalue weighted by molar-refractivity contribution is 0.0602. The molecule has 0 aliphatic carbocycles. The Bertz CT molecular complexity index is 1520. The quantitative estimate of drug-likeness (QED) is 0.278. The summed E-state index contributed by atoms with van der Waals surface area (Å²) >= 11 is 0. The maximum atomic E-state index is 15.3. The largest absolute Gasteiger partial charge is 0.340 e. The Labute approximate surface area is 182 Å². The number of alkyl halides is 2. The van der Waals surface area contributed by atoms with E-state index in [9.17, 15) is 13.3 Å². The number of hydrogen-bond acceptors (Lipinski definition) is 5. The molecule has 33 heavy (non-hydrogen) atoms. The summed E-state index contributed by atoms with van der Waals surface area (Å²) < 4.78 is 73.9. The number of nitriles is 1. The zero-order valence-corrected chi connectivity index (χ0v) is 16.4. The lowest BCUT2D eigenvalue weighted by atomic mass is 10.0. The van der Waals surface area contributed by atoms with Crippen LogP contribution in [0.15, 0.2) is 66.0 Å². The fourth-order valence-corrected chi connectivity index (χ4v) is 3.26. The van der Waals surface area contributed by atoms with E-state index in [2.05, 4.69) is 10.1 Å². The lowest BCUT2D eigenvalue weighted by Gasteiger charge is -2.21. The van der Waals surface area contributed by atoms with Gasteiger partial charge in [0.15, 0.2) is 0 Å². The highest BCUT2D eigenvalue weighted by molar-refractivity contribution is 5.92. The highest BCUT2D eigenvalue weighted by atomic mass is 19.3. The number of fused-ring (bicyclic) bond motifs is 1. The van der Waals surface area contributed by atoms with Crippen LogP contribution in [-0.4, -0.2) is 20.6 Å². The van der Waals surface area contributed by atoms with Crippen molar-refractivity contribution in [3.8, 4) is 17.3 Å². The second-order valence-electron chi connectivity index (χ2n) is 6.81. The molecular weight excluding hydrogens is 443 g/mol. The third-order valence-corrected chi connectivity index (χ3v) is 4.79. The van der Waals surface area contributed by atoms with Gasteiger partial charge in [-0.05, 0) is 36.4 Å². The van der Waals surface area contributed by atoms with Gasteiger partial charge in [0.25, 0.3) is 0 Å². The van der Waals surface area contributed by atoms with Crippen molar-refractivity contribution < 1.29 is 22.0 Å². The number of rotatable bonds is 3. The minimum Gasteiger partial charge on any atom is -0.283 e. The SMILES string of the molecule is N#Cc1cccc(-c2ccc(=N)n(/C(=N\F)C(F)(F)c3c(F)cc4ncccc4c3F)n2)c1. The summed E-state index contributed by atoms with van der Waals surface area (Å²) in [5.74, 6) is -9.79. The van der Waals surface area contributed by atoms with Gasteiger partial charge in [-0.3, -0.25) is 10.4 Å². The molecule has 2 aromatic carbocycles. The van der Waals surface area contributed by atoms with E-state index < -0.39 is 39.8 Å². The van der Waals surface area contributed by atoms with Crippen molar-refractivity contribution in [1.29, 1.82) is 10.7 Å². The molecule has 4 aromatic rings. The van der Waals surface area contributed by atoms with Crippen LogP contribution in [0.1, 0.15) is 11.1 Å². The van der Waals surface area contributed by atoms with Gasteiger partial charge in [-0.2, -0.15) is 23.8 Å². The molecule has 1 N–H and O–H groups in total. The number of aromatic nitrogens is 3. The fraction of sp³-hybridized carbons (Fsp3) is 0.0455. The highest BCUT2D eigenvalue weighted by Gasteiger charge is 2.46. The molecule has 0 saturated carbocycles. The topological polar surface area (TPSA) is 90.7 Å². The molecule has 2 heterocycles. The van der Waals surface area contributed by atoms with Crippen LogP contribution in [0.25, 0.3) is 22.2 Å². The van der Waals surface area contributed by atoms with Crippen LogP contribution in [0.5, 0.6) is 0 Å². The smallest absolute Gasteiger partial charge is 0.283 e. The van der Waals surface area contributed by atoms with Gasteiger partial charge in [0.1, 0.15) is 22.7 Å². The number of hydrogen-bond donors (Lipinski definition) is 1. The van der Waals surface area contributed by atoms with Crippen molar-refractivity contribution in [2.24, 2.45) is 5.21 Å². The predicted octanol–water partition coefficient (Wildman–Crippen LogP) is 4.65. The Morgan fingerprint density at radius 3 is 2.61 bits per heavy atom. The zero-order chi connectivity index (χ0) is 23.8. The number of pyridine rings is 1. The molecule has 0 fully saturated rings. The molecule has 0 unspecified atom stereocenters. The van der Waals surface area contributed by atoms with E-state index in [1.165, 1.54) is 42.6 Å². The van der Waals surface area contributed by atoms with Crippen molar-refractivity contribution in [3.63, 3.8) is 0 Å². The molecule has 0 aliphatic heterocycles. The Balaban J connectivity index is 1.90. The van der Waals surface area contributed by atoms with Gasteiger partial charge in [0, 0.05) is 23.2 Å². The minimum absolute atomic E-state index is 0.0105. The van der Waals surface area contributed by atoms with Gasteiger partial charge in [-0.15, -0.1) is 0 Å². The number of nitrogens with one attached hydrogen (secondary N) is 1. The summed E-state index contributed by atoms with van der Waals surface area (Å²) in [5.41, 5.74) is -2.16. The van der Waals surface area contributed by atoms with Crippen LogP contribution in [0, 0.1) is 28.4 Å². The molecule has 0 aliphatic rings. The Hall–Kier alpha value is -4.46. The van der Waals surface area contributed by atoms with Crippen molar-refractivity contribution in [1.82, 2.24) is 14.8 Å². The predicted molar refractivity (Wildman–Crippen MR) is 108 cm³/mol. The monoisotopic (exact) mass is 454 g/mol. The van der Waals surface area contributed by atoms with Crippen LogP contribution in [-0.2, 0) is 5.92 Å². The Morgan fingerprint density at radius 1 is 1.09 bits per heavy atom. The van der Waals surface area contributed by atoms with E-state index in [0.29, 0.717) is 11.6 Å². The van der Waals surface area contributed by atoms with Gasteiger partial charge in [-0.25, -0.2) is 8.78 Å². The van der Waals surface area contributed by atoms with E-state index in [1.807, 2.05) is 11.3 Å². The van der Waals surface area contributed by atoms with E-state index in [-0.39, 0.29) is 21.5 Å². The molecule has 164 valence electrons. The maximum Gasteiger partial charge on any atom is 0.340 e. The first-order valence-corrected chi connectivity index (χ1v) is 9.24. The molecule has 11 heteroatoms. The van der Waals surface area contributed by atoms with Crippen LogP contribution < -0.4 is 5.49 Å². The van der Waals surface area contributed by atoms with E-state index in [0.717, 1.165) is 12.1 Å². The molecule has 0 bridgehead atoms. The van der Waals surface area contributed by atoms with Gasteiger partial charge in [0.05, 0.1) is 22.8 Å². The Kier molecular flexibility index (Phi) is 5.43. The molecular formula is C22H11F5N6. The number of halogens is 5. The molecule has 6 nitrogen and oxygen atoms in total. The standard InChI is InChI=1S/C22H11F5N6/c23-15-10-17-14(5-2-8-30-17)20(24)19(15)22(25,26)21(31-27)33-18(29)7-6-16(32-33)13-4-1-3-12(9-13)11-28/h1-10,29H/b29-18?,31-21-. The van der Waals surface area contributed by atoms with Gasteiger partial charge in [-0.1, -0.05) is 21.8 Å². The first-order valence-electron chi connectivity index (χ1n) is 9.24. The second-order valence-corrected chi connectivity index (χ2v) is 6.81. The van der Waals surface area contributed by atoms with Crippen LogP contribution in [0.4, 0.5) is 22.0 Å². The molecule has 0 spiro atoms. The summed E-state index contributed by atoms with van der Waals surface area (Å²) in [7, 11) is 0. The third kappa shape index (κ3) is 3.71. The normalized spacial score (nSPS) is 12.1. The first-order chi connectivity index (χ1) is 15.8. The van der Waals surface area contributed by atoms with E-state index in [1.54, 1.807) is 0 Å². The van der Waals surface area contributed by atoms with Crippen LogP contribution in [0.3, 0.4) is 0 Å². The molecule has 0 atom stereocenters. The van der Waals surface area contributed by atoms with Crippen molar-refractivity contribution in [2.45, 2.75) is 5.92 Å². The Morgan fingerprint density at radius 2 is 1.88 bits per heavy atom. The third-order valence-electron chi connectivity index (χ3n) is 4.79. The van der Waals surface area contributed by atoms with Crippen molar-refractivity contribution in [3.05, 3.63) is 89.0 Å². The minimum atomic E-state index is -4.66. The molecule has 4 rings (SSSR count). The van der Waals surface area contributed by atoms with Gasteiger partial charge >= 0.3 is 5.92 Å². The number of benzene rings is 2. The summed E-state index contributed by atoms with van der Waals surface area (Å²) in [6.07, 6.45) is 1.23. The lowest BCUT2D eigenvalue weighted by Crippen LogP contribution is -2.41. The van der Waals surface area contributed by atoms with Crippen molar-refractivity contribution in [2.75, 3.05) is 0 Å². The summed E-state index contributed by atoms with van der Waals surface area (Å²) in [6, 6.07) is 13.1. The summed E-state index contributed by atoms with van der Waals surface area (Å²) in [5, 5.41) is 22.4. The average Bonchev–Trinajstić information content (AvgIpc) is 2.80. The van der Waals surface area contributed by atoms with Crippen molar-refractivity contribution >= 4 is 16.7 Å². The molecule has 0 saturated heterocycles. The van der Waals surface area contributed by atoms with Crippen LogP contribution in [0.2, 0.25) is 0 Å². The van der Waals surface area contributed by atoms with E-state index in [4.69, 9.17) is 10.7 Å². The summed E-state index contributed by atoms with van der Waals surface area (Å²) in [4.78, 5) is 3.72.